The zero-order valence-corrected chi connectivity index (χ0v) is 18.0. The molecule has 0 amide bonds. The maximum atomic E-state index is 12.3. The molecule has 1 aromatic rings. The molecule has 1 saturated heterocycles. The molecule has 1 aliphatic heterocycles. The van der Waals surface area contributed by atoms with Gasteiger partial charge in [0.25, 0.3) is 0 Å². The van der Waals surface area contributed by atoms with Gasteiger partial charge in [-0.1, -0.05) is 43.2 Å². The van der Waals surface area contributed by atoms with E-state index in [1.165, 1.54) is 25.7 Å². The van der Waals surface area contributed by atoms with E-state index in [1.54, 1.807) is 0 Å². The lowest BCUT2D eigenvalue weighted by Crippen LogP contribution is -2.47. The Hall–Kier alpha value is -1.40. The molecule has 6 heteroatoms. The van der Waals surface area contributed by atoms with Crippen molar-refractivity contribution in [2.75, 3.05) is 39.0 Å². The number of likely N-dealkylation sites (tertiary alicyclic amines) is 1. The van der Waals surface area contributed by atoms with Crippen LogP contribution in [-0.4, -0.2) is 60.2 Å². The second kappa shape index (κ2) is 11.6. The van der Waals surface area contributed by atoms with Crippen LogP contribution in [-0.2, 0) is 21.3 Å². The fraction of sp³-hybridized carbons (Fsp3) is 0.682. The van der Waals surface area contributed by atoms with Crippen molar-refractivity contribution in [3.8, 4) is 0 Å². The van der Waals surface area contributed by atoms with E-state index < -0.39 is 10.8 Å². The summed E-state index contributed by atoms with van der Waals surface area (Å²) in [4.78, 5) is 6.72. The summed E-state index contributed by atoms with van der Waals surface area (Å²) in [5, 5.41) is 3.39. The number of benzene rings is 1. The minimum atomic E-state index is -0.860. The summed E-state index contributed by atoms with van der Waals surface area (Å²) >= 11 is 0. The second-order valence-corrected chi connectivity index (χ2v) is 9.49. The van der Waals surface area contributed by atoms with Gasteiger partial charge in [-0.25, -0.2) is 0 Å². The van der Waals surface area contributed by atoms with Gasteiger partial charge in [0, 0.05) is 55.6 Å². The van der Waals surface area contributed by atoms with Crippen LogP contribution in [0.2, 0.25) is 0 Å². The number of rotatable bonds is 8. The molecule has 2 aliphatic rings. The number of nitrogens with zero attached hydrogens (tertiary/aromatic N) is 2. The van der Waals surface area contributed by atoms with Crippen molar-refractivity contribution in [3.63, 3.8) is 0 Å². The van der Waals surface area contributed by atoms with E-state index in [0.717, 1.165) is 50.0 Å². The van der Waals surface area contributed by atoms with E-state index in [9.17, 15) is 4.21 Å². The minimum Gasteiger partial charge on any atom is -0.378 e. The molecule has 1 heterocycles. The maximum Gasteiger partial charge on any atom is 0.193 e. The van der Waals surface area contributed by atoms with E-state index in [-0.39, 0.29) is 0 Å². The maximum absolute atomic E-state index is 12.3. The normalized spacial score (nSPS) is 20.5. The first kappa shape index (κ1) is 21.3. The van der Waals surface area contributed by atoms with Crippen LogP contribution in [0, 0.1) is 5.92 Å². The van der Waals surface area contributed by atoms with Gasteiger partial charge in [-0.05, 0) is 37.2 Å². The second-order valence-electron chi connectivity index (χ2n) is 7.92. The smallest absolute Gasteiger partial charge is 0.193 e. The Balaban J connectivity index is 1.32. The molecule has 1 saturated carbocycles. The summed E-state index contributed by atoms with van der Waals surface area (Å²) in [5.41, 5.74) is 1.13. The lowest BCUT2D eigenvalue weighted by atomic mass is 10.1. The number of hydrogen-bond acceptors (Lipinski definition) is 3. The van der Waals surface area contributed by atoms with Crippen LogP contribution in [0.15, 0.2) is 35.3 Å². The van der Waals surface area contributed by atoms with Crippen molar-refractivity contribution in [3.05, 3.63) is 35.9 Å². The van der Waals surface area contributed by atoms with Crippen LogP contribution in [0.4, 0.5) is 0 Å². The first-order chi connectivity index (χ1) is 13.7. The minimum absolute atomic E-state index is 0.397. The summed E-state index contributed by atoms with van der Waals surface area (Å²) in [6.45, 7) is 3.58. The van der Waals surface area contributed by atoms with Gasteiger partial charge >= 0.3 is 0 Å². The lowest BCUT2D eigenvalue weighted by molar-refractivity contribution is 0.00104. The summed E-state index contributed by atoms with van der Waals surface area (Å²) in [6, 6.07) is 10.0. The van der Waals surface area contributed by atoms with Crippen molar-refractivity contribution in [2.45, 2.75) is 50.4 Å². The Kier molecular flexibility index (Phi) is 8.80. The average Bonchev–Trinajstić information content (AvgIpc) is 3.25. The number of guanidine groups is 1. The number of piperidine rings is 1. The molecule has 1 aromatic carbocycles. The highest BCUT2D eigenvalue weighted by molar-refractivity contribution is 7.84. The highest BCUT2D eigenvalue weighted by Gasteiger charge is 2.23. The molecular formula is C22H35N3O2S. The topological polar surface area (TPSA) is 53.9 Å². The predicted octanol–water partition coefficient (Wildman–Crippen LogP) is 3.18. The van der Waals surface area contributed by atoms with Crippen LogP contribution < -0.4 is 5.32 Å². The van der Waals surface area contributed by atoms with Crippen molar-refractivity contribution in [1.29, 1.82) is 0 Å². The van der Waals surface area contributed by atoms with Gasteiger partial charge in [0.15, 0.2) is 5.96 Å². The van der Waals surface area contributed by atoms with Gasteiger partial charge in [0.2, 0.25) is 0 Å². The summed E-state index contributed by atoms with van der Waals surface area (Å²) < 4.78 is 18.5. The molecule has 0 spiro atoms. The quantitative estimate of drug-likeness (QED) is 0.533. The molecule has 1 unspecified atom stereocenters. The molecule has 0 bridgehead atoms. The Labute approximate surface area is 172 Å². The molecular weight excluding hydrogens is 370 g/mol. The van der Waals surface area contributed by atoms with E-state index in [4.69, 9.17) is 4.74 Å². The molecule has 28 heavy (non-hydrogen) atoms. The number of ether oxygens (including phenoxy) is 1. The SMILES string of the molecule is CN=C(NCCS(=O)Cc1ccccc1)N1CCC(OCC2CCCC2)CC1. The Morgan fingerprint density at radius 3 is 2.57 bits per heavy atom. The third-order valence-corrected chi connectivity index (χ3v) is 7.09. The van der Waals surface area contributed by atoms with Crippen molar-refractivity contribution in [1.82, 2.24) is 10.2 Å². The van der Waals surface area contributed by atoms with Crippen molar-refractivity contribution >= 4 is 16.8 Å². The summed E-state index contributed by atoms with van der Waals surface area (Å²) in [5.74, 6) is 2.97. The fourth-order valence-corrected chi connectivity index (χ4v) is 5.16. The average molecular weight is 406 g/mol. The molecule has 0 radical (unpaired) electrons. The standard InChI is InChI=1S/C22H35N3O2S/c1-23-22(24-13-16-28(26)18-20-9-3-2-4-10-20)25-14-11-21(12-15-25)27-17-19-7-5-6-8-19/h2-4,9-10,19,21H,5-8,11-18H2,1H3,(H,23,24). The molecule has 5 nitrogen and oxygen atoms in total. The van der Waals surface area contributed by atoms with Gasteiger partial charge in [-0.2, -0.15) is 0 Å². The first-order valence-corrected chi connectivity index (χ1v) is 12.2. The molecule has 1 atom stereocenters. The highest BCUT2D eigenvalue weighted by atomic mass is 32.2. The highest BCUT2D eigenvalue weighted by Crippen LogP contribution is 2.26. The largest absolute Gasteiger partial charge is 0.378 e. The number of aliphatic imine (C=N–C) groups is 1. The van der Waals surface area contributed by atoms with Gasteiger partial charge in [-0.15, -0.1) is 0 Å². The number of nitrogens with one attached hydrogen (secondary N) is 1. The summed E-state index contributed by atoms with van der Waals surface area (Å²) in [7, 11) is 0.965. The number of hydrogen-bond donors (Lipinski definition) is 1. The van der Waals surface area contributed by atoms with E-state index in [2.05, 4.69) is 15.2 Å². The lowest BCUT2D eigenvalue weighted by Gasteiger charge is -2.34. The van der Waals surface area contributed by atoms with Crippen LogP contribution in [0.5, 0.6) is 0 Å². The van der Waals surface area contributed by atoms with E-state index >= 15 is 0 Å². The molecule has 1 N–H and O–H groups in total. The zero-order valence-electron chi connectivity index (χ0n) is 17.1. The Bertz CT molecular complexity index is 624. The van der Waals surface area contributed by atoms with E-state index in [1.807, 2.05) is 37.4 Å². The predicted molar refractivity (Wildman–Crippen MR) is 117 cm³/mol. The molecule has 0 aromatic heterocycles. The molecule has 2 fully saturated rings. The molecule has 1 aliphatic carbocycles. The summed E-state index contributed by atoms with van der Waals surface area (Å²) in [6.07, 6.45) is 7.98. The van der Waals surface area contributed by atoms with E-state index in [0.29, 0.717) is 24.2 Å². The van der Waals surface area contributed by atoms with Crippen molar-refractivity contribution in [2.24, 2.45) is 10.9 Å². The van der Waals surface area contributed by atoms with Crippen LogP contribution in [0.1, 0.15) is 44.1 Å². The Morgan fingerprint density at radius 1 is 1.18 bits per heavy atom. The Morgan fingerprint density at radius 2 is 1.89 bits per heavy atom. The zero-order chi connectivity index (χ0) is 19.6. The van der Waals surface area contributed by atoms with Gasteiger partial charge in [-0.3, -0.25) is 9.20 Å². The monoisotopic (exact) mass is 405 g/mol. The third-order valence-electron chi connectivity index (χ3n) is 5.78. The van der Waals surface area contributed by atoms with Crippen molar-refractivity contribution < 1.29 is 8.95 Å². The molecule has 3 rings (SSSR count). The first-order valence-electron chi connectivity index (χ1n) is 10.7. The molecule has 156 valence electrons. The third kappa shape index (κ3) is 6.89. The van der Waals surface area contributed by atoms with Gasteiger partial charge in [0.05, 0.1) is 6.10 Å². The van der Waals surface area contributed by atoms with Gasteiger partial charge < -0.3 is 15.0 Å². The fourth-order valence-electron chi connectivity index (χ4n) is 4.12. The van der Waals surface area contributed by atoms with Crippen LogP contribution in [0.25, 0.3) is 0 Å². The van der Waals surface area contributed by atoms with Crippen LogP contribution in [0.3, 0.4) is 0 Å². The van der Waals surface area contributed by atoms with Crippen LogP contribution >= 0.6 is 0 Å². The van der Waals surface area contributed by atoms with Gasteiger partial charge in [0.1, 0.15) is 0 Å².